The summed E-state index contributed by atoms with van der Waals surface area (Å²) in [6.45, 7) is 1.94. The number of methoxy groups -OCH3 is 1. The Kier molecular flexibility index (Phi) is 6.17. The predicted molar refractivity (Wildman–Crippen MR) is 109 cm³/mol. The Labute approximate surface area is 170 Å². The van der Waals surface area contributed by atoms with Gasteiger partial charge in [0.1, 0.15) is 25.0 Å². The van der Waals surface area contributed by atoms with E-state index in [-0.39, 0.29) is 19.2 Å². The fourth-order valence-electron chi connectivity index (χ4n) is 2.95. The van der Waals surface area contributed by atoms with Crippen LogP contribution in [0.3, 0.4) is 0 Å². The molecule has 29 heavy (non-hydrogen) atoms. The Hall–Kier alpha value is -2.94. The summed E-state index contributed by atoms with van der Waals surface area (Å²) >= 11 is 0. The van der Waals surface area contributed by atoms with Gasteiger partial charge >= 0.3 is 0 Å². The molecule has 1 amide bonds. The van der Waals surface area contributed by atoms with Crippen molar-refractivity contribution in [3.63, 3.8) is 0 Å². The summed E-state index contributed by atoms with van der Waals surface area (Å²) in [7, 11) is -2.26. The Balaban J connectivity index is 1.67. The van der Waals surface area contributed by atoms with E-state index in [4.69, 9.17) is 14.2 Å². The van der Waals surface area contributed by atoms with Crippen molar-refractivity contribution in [1.82, 2.24) is 5.32 Å². The number of hydrogen-bond donors (Lipinski definition) is 1. The van der Waals surface area contributed by atoms with Crippen LogP contribution in [0.1, 0.15) is 5.56 Å². The largest absolute Gasteiger partial charge is 0.495 e. The molecule has 2 aromatic carbocycles. The third-order valence-corrected chi connectivity index (χ3v) is 5.51. The molecule has 156 valence electrons. The van der Waals surface area contributed by atoms with Crippen molar-refractivity contribution in [2.45, 2.75) is 13.0 Å². The first kappa shape index (κ1) is 20.8. The standard InChI is InChI=1S/C20H24N2O6S/c1-14-8-9-17(26-2)16(10-14)22(29(3,24)25)12-20(23)21-11-15-13-27-18-6-4-5-7-19(18)28-15/h4-10,15H,11-13H2,1-3H3,(H,21,23)/t15-/m1/s1. The highest BCUT2D eigenvalue weighted by molar-refractivity contribution is 7.92. The van der Waals surface area contributed by atoms with Crippen molar-refractivity contribution in [2.75, 3.05) is 37.4 Å². The zero-order valence-corrected chi connectivity index (χ0v) is 17.4. The first-order valence-electron chi connectivity index (χ1n) is 9.05. The maximum Gasteiger partial charge on any atom is 0.240 e. The molecule has 0 unspecified atom stereocenters. The average molecular weight is 420 g/mol. The number of benzene rings is 2. The van der Waals surface area contributed by atoms with Crippen molar-refractivity contribution in [2.24, 2.45) is 0 Å². The lowest BCUT2D eigenvalue weighted by molar-refractivity contribution is -0.120. The van der Waals surface area contributed by atoms with Crippen LogP contribution in [0.15, 0.2) is 42.5 Å². The van der Waals surface area contributed by atoms with Crippen LogP contribution in [-0.2, 0) is 14.8 Å². The quantitative estimate of drug-likeness (QED) is 0.733. The number of nitrogens with zero attached hydrogens (tertiary/aromatic N) is 1. The Bertz CT molecular complexity index is 992. The summed E-state index contributed by atoms with van der Waals surface area (Å²) in [6.07, 6.45) is 0.686. The van der Waals surface area contributed by atoms with Crippen LogP contribution < -0.4 is 23.8 Å². The average Bonchev–Trinajstić information content (AvgIpc) is 2.69. The number of carbonyl (C=O) groups is 1. The van der Waals surface area contributed by atoms with E-state index in [1.807, 2.05) is 25.1 Å². The molecule has 0 spiro atoms. The highest BCUT2D eigenvalue weighted by Gasteiger charge is 2.26. The number of amides is 1. The molecule has 8 nitrogen and oxygen atoms in total. The molecule has 1 N–H and O–H groups in total. The minimum atomic E-state index is -3.71. The van der Waals surface area contributed by atoms with Crippen LogP contribution in [-0.4, -0.2) is 53.5 Å². The second kappa shape index (κ2) is 8.60. The van der Waals surface area contributed by atoms with Crippen LogP contribution in [0.25, 0.3) is 0 Å². The molecule has 0 bridgehead atoms. The Morgan fingerprint density at radius 3 is 2.66 bits per heavy atom. The number of anilines is 1. The van der Waals surface area contributed by atoms with E-state index in [0.29, 0.717) is 29.5 Å². The van der Waals surface area contributed by atoms with Crippen LogP contribution in [0.2, 0.25) is 0 Å². The lowest BCUT2D eigenvalue weighted by Crippen LogP contribution is -2.45. The molecule has 0 aliphatic carbocycles. The summed E-state index contributed by atoms with van der Waals surface area (Å²) in [5.41, 5.74) is 1.16. The second-order valence-corrected chi connectivity index (χ2v) is 8.65. The highest BCUT2D eigenvalue weighted by atomic mass is 32.2. The van der Waals surface area contributed by atoms with E-state index < -0.39 is 15.9 Å². The lowest BCUT2D eigenvalue weighted by Gasteiger charge is -2.27. The molecule has 0 saturated carbocycles. The molecule has 0 radical (unpaired) electrons. The normalized spacial score (nSPS) is 15.5. The first-order chi connectivity index (χ1) is 13.8. The number of nitrogens with one attached hydrogen (secondary N) is 1. The number of sulfonamides is 1. The molecular weight excluding hydrogens is 396 g/mol. The molecule has 1 aliphatic rings. The van der Waals surface area contributed by atoms with Crippen molar-refractivity contribution in [3.8, 4) is 17.2 Å². The number of aryl methyl sites for hydroxylation is 1. The van der Waals surface area contributed by atoms with Gasteiger partial charge in [-0.05, 0) is 36.8 Å². The molecule has 1 aliphatic heterocycles. The maximum atomic E-state index is 12.5. The first-order valence-corrected chi connectivity index (χ1v) is 10.9. The Morgan fingerprint density at radius 1 is 1.24 bits per heavy atom. The van der Waals surface area contributed by atoms with Gasteiger partial charge in [0.2, 0.25) is 15.9 Å². The number of para-hydroxylation sites is 2. The van der Waals surface area contributed by atoms with E-state index in [9.17, 15) is 13.2 Å². The van der Waals surface area contributed by atoms with Gasteiger partial charge < -0.3 is 19.5 Å². The zero-order valence-electron chi connectivity index (χ0n) is 16.5. The smallest absolute Gasteiger partial charge is 0.240 e. The summed E-state index contributed by atoms with van der Waals surface area (Å²) in [6, 6.07) is 12.4. The van der Waals surface area contributed by atoms with Gasteiger partial charge in [0.15, 0.2) is 11.5 Å². The van der Waals surface area contributed by atoms with E-state index >= 15 is 0 Å². The van der Waals surface area contributed by atoms with Crippen LogP contribution in [0, 0.1) is 6.92 Å². The molecule has 2 aromatic rings. The second-order valence-electron chi connectivity index (χ2n) is 6.75. The van der Waals surface area contributed by atoms with Crippen molar-refractivity contribution >= 4 is 21.6 Å². The van der Waals surface area contributed by atoms with Gasteiger partial charge in [0, 0.05) is 0 Å². The maximum absolute atomic E-state index is 12.5. The fraction of sp³-hybridized carbons (Fsp3) is 0.350. The summed E-state index contributed by atoms with van der Waals surface area (Å²) in [5, 5.41) is 2.72. The molecule has 9 heteroatoms. The number of carbonyl (C=O) groups excluding carboxylic acids is 1. The molecule has 1 atom stereocenters. The Morgan fingerprint density at radius 2 is 1.97 bits per heavy atom. The fourth-order valence-corrected chi connectivity index (χ4v) is 3.81. The minimum Gasteiger partial charge on any atom is -0.495 e. The van der Waals surface area contributed by atoms with Gasteiger partial charge in [-0.3, -0.25) is 9.10 Å². The molecule has 1 heterocycles. The topological polar surface area (TPSA) is 94.2 Å². The number of hydrogen-bond acceptors (Lipinski definition) is 6. The predicted octanol–water partition coefficient (Wildman–Crippen LogP) is 1.73. The third-order valence-electron chi connectivity index (χ3n) is 4.39. The van der Waals surface area contributed by atoms with Gasteiger partial charge in [-0.2, -0.15) is 0 Å². The van der Waals surface area contributed by atoms with Crippen LogP contribution >= 0.6 is 0 Å². The van der Waals surface area contributed by atoms with E-state index in [1.54, 1.807) is 24.3 Å². The minimum absolute atomic E-state index is 0.190. The molecule has 0 aromatic heterocycles. The lowest BCUT2D eigenvalue weighted by atomic mass is 10.2. The third kappa shape index (κ3) is 5.11. The monoisotopic (exact) mass is 420 g/mol. The van der Waals surface area contributed by atoms with Crippen LogP contribution in [0.4, 0.5) is 5.69 Å². The van der Waals surface area contributed by atoms with Gasteiger partial charge in [-0.25, -0.2) is 8.42 Å². The number of rotatable bonds is 7. The molecule has 0 fully saturated rings. The van der Waals surface area contributed by atoms with Crippen molar-refractivity contribution in [1.29, 1.82) is 0 Å². The van der Waals surface area contributed by atoms with Gasteiger partial charge in [0.05, 0.1) is 25.6 Å². The van der Waals surface area contributed by atoms with Gasteiger partial charge in [-0.1, -0.05) is 18.2 Å². The van der Waals surface area contributed by atoms with Crippen LogP contribution in [0.5, 0.6) is 17.2 Å². The summed E-state index contributed by atoms with van der Waals surface area (Å²) in [4.78, 5) is 12.5. The van der Waals surface area contributed by atoms with Gasteiger partial charge in [-0.15, -0.1) is 0 Å². The number of ether oxygens (including phenoxy) is 3. The summed E-state index contributed by atoms with van der Waals surface area (Å²) in [5.74, 6) is 1.18. The zero-order chi connectivity index (χ0) is 21.0. The number of fused-ring (bicyclic) bond motifs is 1. The van der Waals surface area contributed by atoms with Crippen molar-refractivity contribution < 1.29 is 27.4 Å². The molecular formula is C20H24N2O6S. The molecule has 0 saturated heterocycles. The van der Waals surface area contributed by atoms with Gasteiger partial charge in [0.25, 0.3) is 0 Å². The summed E-state index contributed by atoms with van der Waals surface area (Å²) < 4.78 is 42.4. The van der Waals surface area contributed by atoms with E-state index in [2.05, 4.69) is 5.32 Å². The van der Waals surface area contributed by atoms with E-state index in [0.717, 1.165) is 16.1 Å². The van der Waals surface area contributed by atoms with Crippen molar-refractivity contribution in [3.05, 3.63) is 48.0 Å². The SMILES string of the molecule is COc1ccc(C)cc1N(CC(=O)NC[C@@H]1COc2ccccc2O1)S(C)(=O)=O. The highest BCUT2D eigenvalue weighted by Crippen LogP contribution is 2.31. The van der Waals surface area contributed by atoms with E-state index in [1.165, 1.54) is 7.11 Å². The molecule has 3 rings (SSSR count).